The molecule has 0 bridgehead atoms. The summed E-state index contributed by atoms with van der Waals surface area (Å²) in [5.74, 6) is 0.229. The Morgan fingerprint density at radius 1 is 1.18 bits per heavy atom. The van der Waals surface area contributed by atoms with Crippen molar-refractivity contribution in [2.45, 2.75) is 6.92 Å². The Hall–Kier alpha value is -1.92. The minimum Gasteiger partial charge on any atom is -0.493 e. The smallest absolute Gasteiger partial charge is 0.261 e. The lowest BCUT2D eigenvalue weighted by molar-refractivity contribution is 0.0974. The first-order valence-corrected chi connectivity index (χ1v) is 7.90. The Bertz CT molecular complexity index is 674. The molecule has 2 rings (SSSR count). The summed E-state index contributed by atoms with van der Waals surface area (Å²) in [6.45, 7) is 2.36. The summed E-state index contributed by atoms with van der Waals surface area (Å²) < 4.78 is 6.41. The summed E-state index contributed by atoms with van der Waals surface area (Å²) in [5.41, 5.74) is 1.25. The summed E-state index contributed by atoms with van der Waals surface area (Å²) >= 11 is 8.52. The van der Waals surface area contributed by atoms with E-state index in [4.69, 9.17) is 17.0 Å². The zero-order chi connectivity index (χ0) is 15.9. The number of hydrogen-bond acceptors (Lipinski definition) is 3. The molecule has 0 aliphatic heterocycles. The van der Waals surface area contributed by atoms with Gasteiger partial charge in [-0.1, -0.05) is 28.1 Å². The van der Waals surface area contributed by atoms with Crippen molar-refractivity contribution in [3.05, 3.63) is 58.6 Å². The molecule has 6 heteroatoms. The van der Waals surface area contributed by atoms with E-state index in [0.717, 1.165) is 10.2 Å². The van der Waals surface area contributed by atoms with Gasteiger partial charge in [-0.25, -0.2) is 0 Å². The van der Waals surface area contributed by atoms with Crippen LogP contribution in [0, 0.1) is 0 Å². The fourth-order valence-electron chi connectivity index (χ4n) is 1.80. The standard InChI is InChI=1S/C16H15BrN2O2S/c1-2-21-14-6-4-3-5-13(14)15(20)19-16(22)18-12-9-7-11(17)8-10-12/h3-10H,2H2,1H3,(H2,18,19,20,22). The quantitative estimate of drug-likeness (QED) is 0.790. The molecule has 0 spiro atoms. The van der Waals surface area contributed by atoms with Gasteiger partial charge in [0, 0.05) is 10.2 Å². The minimum atomic E-state index is -0.307. The number of rotatable bonds is 4. The predicted molar refractivity (Wildman–Crippen MR) is 95.4 cm³/mol. The van der Waals surface area contributed by atoms with Crippen LogP contribution in [0.3, 0.4) is 0 Å². The first-order chi connectivity index (χ1) is 10.6. The number of anilines is 1. The molecule has 0 atom stereocenters. The van der Waals surface area contributed by atoms with E-state index in [2.05, 4.69) is 26.6 Å². The fourth-order valence-corrected chi connectivity index (χ4v) is 2.28. The van der Waals surface area contributed by atoms with Crippen LogP contribution >= 0.6 is 28.1 Å². The Labute approximate surface area is 143 Å². The highest BCUT2D eigenvalue weighted by Gasteiger charge is 2.13. The molecule has 0 heterocycles. The van der Waals surface area contributed by atoms with Crippen LogP contribution in [0.5, 0.6) is 5.75 Å². The molecule has 1 amide bonds. The first-order valence-electron chi connectivity index (χ1n) is 6.70. The van der Waals surface area contributed by atoms with Gasteiger partial charge in [-0.05, 0) is 55.5 Å². The molecule has 0 saturated carbocycles. The number of halogens is 1. The molecular weight excluding hydrogens is 364 g/mol. The second kappa shape index (κ2) is 7.91. The number of para-hydroxylation sites is 1. The number of amides is 1. The number of hydrogen-bond donors (Lipinski definition) is 2. The van der Waals surface area contributed by atoms with Crippen molar-refractivity contribution in [2.24, 2.45) is 0 Å². The van der Waals surface area contributed by atoms with Crippen molar-refractivity contribution in [3.8, 4) is 5.75 Å². The van der Waals surface area contributed by atoms with Crippen molar-refractivity contribution < 1.29 is 9.53 Å². The molecule has 2 N–H and O–H groups in total. The van der Waals surface area contributed by atoms with Crippen LogP contribution in [0.15, 0.2) is 53.0 Å². The SMILES string of the molecule is CCOc1ccccc1C(=O)NC(=S)Nc1ccc(Br)cc1. The lowest BCUT2D eigenvalue weighted by atomic mass is 10.2. The van der Waals surface area contributed by atoms with Crippen LogP contribution in [0.4, 0.5) is 5.69 Å². The average Bonchev–Trinajstić information content (AvgIpc) is 2.50. The van der Waals surface area contributed by atoms with E-state index < -0.39 is 0 Å². The van der Waals surface area contributed by atoms with E-state index in [1.54, 1.807) is 18.2 Å². The fraction of sp³-hybridized carbons (Fsp3) is 0.125. The molecule has 0 aromatic heterocycles. The highest BCUT2D eigenvalue weighted by Crippen LogP contribution is 2.18. The number of ether oxygens (including phenoxy) is 1. The molecule has 4 nitrogen and oxygen atoms in total. The van der Waals surface area contributed by atoms with Gasteiger partial charge in [0.2, 0.25) is 0 Å². The van der Waals surface area contributed by atoms with Gasteiger partial charge in [0.05, 0.1) is 12.2 Å². The molecule has 0 aliphatic rings. The molecule has 2 aromatic carbocycles. The van der Waals surface area contributed by atoms with Crippen LogP contribution in [-0.4, -0.2) is 17.6 Å². The molecule has 0 aliphatic carbocycles. The van der Waals surface area contributed by atoms with Gasteiger partial charge in [0.25, 0.3) is 5.91 Å². The summed E-state index contributed by atoms with van der Waals surface area (Å²) in [6, 6.07) is 14.5. The molecule has 2 aromatic rings. The summed E-state index contributed by atoms with van der Waals surface area (Å²) in [6.07, 6.45) is 0. The zero-order valence-electron chi connectivity index (χ0n) is 11.9. The van der Waals surface area contributed by atoms with Crippen LogP contribution in [-0.2, 0) is 0 Å². The van der Waals surface area contributed by atoms with Gasteiger partial charge in [-0.2, -0.15) is 0 Å². The van der Waals surface area contributed by atoms with Crippen molar-refractivity contribution in [1.82, 2.24) is 5.32 Å². The van der Waals surface area contributed by atoms with E-state index >= 15 is 0 Å². The molecule has 0 unspecified atom stereocenters. The molecule has 22 heavy (non-hydrogen) atoms. The number of carbonyl (C=O) groups is 1. The summed E-state index contributed by atoms with van der Waals surface area (Å²) in [7, 11) is 0. The lowest BCUT2D eigenvalue weighted by Crippen LogP contribution is -2.34. The normalized spacial score (nSPS) is 9.91. The van der Waals surface area contributed by atoms with E-state index in [0.29, 0.717) is 17.9 Å². The van der Waals surface area contributed by atoms with E-state index in [9.17, 15) is 4.79 Å². The maximum absolute atomic E-state index is 12.3. The summed E-state index contributed by atoms with van der Waals surface area (Å²) in [5, 5.41) is 5.84. The van der Waals surface area contributed by atoms with Gasteiger partial charge < -0.3 is 10.1 Å². The van der Waals surface area contributed by atoms with Crippen LogP contribution in [0.25, 0.3) is 0 Å². The number of benzene rings is 2. The molecule has 0 fully saturated rings. The first kappa shape index (κ1) is 16.5. The number of nitrogens with one attached hydrogen (secondary N) is 2. The van der Waals surface area contributed by atoms with Crippen molar-refractivity contribution in [1.29, 1.82) is 0 Å². The second-order valence-corrected chi connectivity index (χ2v) is 5.67. The van der Waals surface area contributed by atoms with Crippen molar-refractivity contribution in [3.63, 3.8) is 0 Å². The van der Waals surface area contributed by atoms with Crippen LogP contribution < -0.4 is 15.4 Å². The monoisotopic (exact) mass is 378 g/mol. The van der Waals surface area contributed by atoms with Gasteiger partial charge in [0.15, 0.2) is 5.11 Å². The highest BCUT2D eigenvalue weighted by atomic mass is 79.9. The number of carbonyl (C=O) groups excluding carboxylic acids is 1. The number of thiocarbonyl (C=S) groups is 1. The van der Waals surface area contributed by atoms with E-state index in [1.807, 2.05) is 37.3 Å². The third kappa shape index (κ3) is 4.54. The molecule has 0 radical (unpaired) electrons. The third-order valence-corrected chi connectivity index (χ3v) is 3.49. The van der Waals surface area contributed by atoms with Gasteiger partial charge in [0.1, 0.15) is 5.75 Å². The maximum Gasteiger partial charge on any atom is 0.261 e. The van der Waals surface area contributed by atoms with Crippen LogP contribution in [0.2, 0.25) is 0 Å². The lowest BCUT2D eigenvalue weighted by Gasteiger charge is -2.12. The van der Waals surface area contributed by atoms with Crippen molar-refractivity contribution >= 4 is 44.9 Å². The third-order valence-electron chi connectivity index (χ3n) is 2.76. The average molecular weight is 379 g/mol. The molecule has 0 saturated heterocycles. The topological polar surface area (TPSA) is 50.4 Å². The maximum atomic E-state index is 12.3. The zero-order valence-corrected chi connectivity index (χ0v) is 14.3. The Morgan fingerprint density at radius 2 is 1.86 bits per heavy atom. The van der Waals surface area contributed by atoms with Gasteiger partial charge in [-0.15, -0.1) is 0 Å². The largest absolute Gasteiger partial charge is 0.493 e. The Balaban J connectivity index is 2.02. The van der Waals surface area contributed by atoms with Crippen molar-refractivity contribution in [2.75, 3.05) is 11.9 Å². The van der Waals surface area contributed by atoms with Gasteiger partial charge in [-0.3, -0.25) is 10.1 Å². The Kier molecular flexibility index (Phi) is 5.91. The summed E-state index contributed by atoms with van der Waals surface area (Å²) in [4.78, 5) is 12.3. The predicted octanol–water partition coefficient (Wildman–Crippen LogP) is 3.97. The highest BCUT2D eigenvalue weighted by molar-refractivity contribution is 9.10. The van der Waals surface area contributed by atoms with E-state index in [-0.39, 0.29) is 11.0 Å². The minimum absolute atomic E-state index is 0.235. The second-order valence-electron chi connectivity index (χ2n) is 4.34. The molecule has 114 valence electrons. The molecular formula is C16H15BrN2O2S. The van der Waals surface area contributed by atoms with Crippen LogP contribution in [0.1, 0.15) is 17.3 Å². The van der Waals surface area contributed by atoms with E-state index in [1.165, 1.54) is 0 Å². The Morgan fingerprint density at radius 3 is 2.55 bits per heavy atom. The van der Waals surface area contributed by atoms with Gasteiger partial charge >= 0.3 is 0 Å².